The Bertz CT molecular complexity index is 300. The molecule has 1 nitrogen and oxygen atoms in total. The lowest BCUT2D eigenvalue weighted by atomic mass is 9.82. The van der Waals surface area contributed by atoms with Crippen molar-refractivity contribution in [3.63, 3.8) is 0 Å². The number of hydrogen-bond donors (Lipinski definition) is 1. The van der Waals surface area contributed by atoms with Gasteiger partial charge in [-0.2, -0.15) is 0 Å². The summed E-state index contributed by atoms with van der Waals surface area (Å²) in [5.41, 5.74) is 1.09. The minimum absolute atomic E-state index is 0.546. The maximum Gasteiger partial charge on any atom is 0.00699 e. The maximum atomic E-state index is 3.91. The lowest BCUT2D eigenvalue weighted by Crippen LogP contribution is -2.36. The summed E-state index contributed by atoms with van der Waals surface area (Å²) in [5.74, 6) is 3.06. The molecule has 104 valence electrons. The van der Waals surface area contributed by atoms with E-state index in [1.165, 1.54) is 45.1 Å². The molecule has 0 bridgehead atoms. The molecule has 18 heavy (non-hydrogen) atoms. The summed E-state index contributed by atoms with van der Waals surface area (Å²) in [5, 5.41) is 3.91. The van der Waals surface area contributed by atoms with Crippen LogP contribution in [0.25, 0.3) is 0 Å². The average Bonchev–Trinajstić information content (AvgIpc) is 3.18. The summed E-state index contributed by atoms with van der Waals surface area (Å²) < 4.78 is 0. The predicted molar refractivity (Wildman–Crippen MR) is 77.5 cm³/mol. The maximum absolute atomic E-state index is 3.91. The molecule has 3 fully saturated rings. The monoisotopic (exact) mass is 249 g/mol. The summed E-state index contributed by atoms with van der Waals surface area (Å²) in [4.78, 5) is 0. The van der Waals surface area contributed by atoms with Crippen molar-refractivity contribution in [3.05, 3.63) is 0 Å². The van der Waals surface area contributed by atoms with E-state index in [4.69, 9.17) is 0 Å². The van der Waals surface area contributed by atoms with Gasteiger partial charge in [-0.15, -0.1) is 0 Å². The normalized spacial score (nSPS) is 38.7. The molecule has 1 heteroatoms. The Balaban J connectivity index is 1.46. The average molecular weight is 249 g/mol. The smallest absolute Gasteiger partial charge is 0.00699 e. The van der Waals surface area contributed by atoms with Gasteiger partial charge in [0, 0.05) is 6.04 Å². The summed E-state index contributed by atoms with van der Waals surface area (Å²) >= 11 is 0. The van der Waals surface area contributed by atoms with Gasteiger partial charge in [0.2, 0.25) is 0 Å². The van der Waals surface area contributed by atoms with Crippen molar-refractivity contribution in [1.82, 2.24) is 5.32 Å². The van der Waals surface area contributed by atoms with Gasteiger partial charge in [-0.25, -0.2) is 0 Å². The van der Waals surface area contributed by atoms with E-state index < -0.39 is 0 Å². The molecular weight excluding hydrogens is 218 g/mol. The lowest BCUT2D eigenvalue weighted by molar-refractivity contribution is 0.256. The van der Waals surface area contributed by atoms with Gasteiger partial charge in [0.1, 0.15) is 0 Å². The minimum atomic E-state index is 0.546. The van der Waals surface area contributed by atoms with Gasteiger partial charge in [0.25, 0.3) is 0 Å². The highest BCUT2D eigenvalue weighted by Crippen LogP contribution is 2.68. The highest BCUT2D eigenvalue weighted by Gasteiger charge is 2.63. The number of rotatable bonds is 4. The van der Waals surface area contributed by atoms with Crippen LogP contribution >= 0.6 is 0 Å². The van der Waals surface area contributed by atoms with Gasteiger partial charge in [-0.3, -0.25) is 0 Å². The second kappa shape index (κ2) is 4.23. The van der Waals surface area contributed by atoms with E-state index in [1.54, 1.807) is 0 Å². The second-order valence-electron chi connectivity index (χ2n) is 8.37. The largest absolute Gasteiger partial charge is 0.314 e. The van der Waals surface area contributed by atoms with Gasteiger partial charge in [-0.1, -0.05) is 40.5 Å². The molecule has 2 atom stereocenters. The van der Waals surface area contributed by atoms with Crippen LogP contribution in [0.2, 0.25) is 0 Å². The van der Waals surface area contributed by atoms with E-state index in [0.717, 1.165) is 23.8 Å². The van der Waals surface area contributed by atoms with Crippen LogP contribution in [0.5, 0.6) is 0 Å². The van der Waals surface area contributed by atoms with Crippen LogP contribution in [0.1, 0.15) is 66.2 Å². The standard InChI is InChI=1S/C17H31N/c1-16(2)15(17(16,3)4)11-18-14-7-5-6-13(10-14)12-8-9-12/h12-15,18H,5-11H2,1-4H3. The van der Waals surface area contributed by atoms with Crippen LogP contribution in [0.15, 0.2) is 0 Å². The Morgan fingerprint density at radius 2 is 1.56 bits per heavy atom. The zero-order valence-electron chi connectivity index (χ0n) is 12.8. The zero-order chi connectivity index (χ0) is 13.0. The van der Waals surface area contributed by atoms with Gasteiger partial charge in [0.05, 0.1) is 0 Å². The molecule has 3 saturated carbocycles. The number of hydrogen-bond acceptors (Lipinski definition) is 1. The predicted octanol–water partition coefficient (Wildman–Crippen LogP) is 4.23. The van der Waals surface area contributed by atoms with Crippen LogP contribution < -0.4 is 5.32 Å². The Morgan fingerprint density at radius 3 is 2.11 bits per heavy atom. The zero-order valence-corrected chi connectivity index (χ0v) is 12.8. The Hall–Kier alpha value is -0.0400. The Morgan fingerprint density at radius 1 is 0.889 bits per heavy atom. The van der Waals surface area contributed by atoms with Gasteiger partial charge >= 0.3 is 0 Å². The van der Waals surface area contributed by atoms with Gasteiger partial charge in [-0.05, 0) is 60.8 Å². The first-order valence-electron chi connectivity index (χ1n) is 8.16. The minimum Gasteiger partial charge on any atom is -0.314 e. The first kappa shape index (κ1) is 13.0. The molecule has 3 aliphatic carbocycles. The second-order valence-corrected chi connectivity index (χ2v) is 8.37. The summed E-state index contributed by atoms with van der Waals surface area (Å²) in [6.07, 6.45) is 8.94. The van der Waals surface area contributed by atoms with Crippen molar-refractivity contribution in [2.45, 2.75) is 72.3 Å². The molecule has 0 amide bonds. The Labute approximate surface area is 113 Å². The summed E-state index contributed by atoms with van der Waals surface area (Å²) in [7, 11) is 0. The van der Waals surface area contributed by atoms with Crippen molar-refractivity contribution >= 4 is 0 Å². The van der Waals surface area contributed by atoms with Crippen LogP contribution in [0, 0.1) is 28.6 Å². The summed E-state index contributed by atoms with van der Waals surface area (Å²) in [6.45, 7) is 11.0. The van der Waals surface area contributed by atoms with E-state index in [1.807, 2.05) is 0 Å². The summed E-state index contributed by atoms with van der Waals surface area (Å²) in [6, 6.07) is 0.830. The van der Waals surface area contributed by atoms with E-state index in [-0.39, 0.29) is 0 Å². The molecule has 0 saturated heterocycles. The third-order valence-corrected chi connectivity index (χ3v) is 6.93. The van der Waals surface area contributed by atoms with Crippen molar-refractivity contribution in [3.8, 4) is 0 Å². The van der Waals surface area contributed by atoms with E-state index >= 15 is 0 Å². The molecule has 0 radical (unpaired) electrons. The molecule has 0 spiro atoms. The molecule has 0 heterocycles. The number of nitrogens with one attached hydrogen (secondary N) is 1. The Kier molecular flexibility index (Phi) is 3.05. The van der Waals surface area contributed by atoms with Crippen molar-refractivity contribution in [2.75, 3.05) is 6.54 Å². The fraction of sp³-hybridized carbons (Fsp3) is 1.00. The van der Waals surface area contributed by atoms with E-state index in [0.29, 0.717) is 10.8 Å². The van der Waals surface area contributed by atoms with Gasteiger partial charge in [0.15, 0.2) is 0 Å². The molecular formula is C17H31N. The van der Waals surface area contributed by atoms with Crippen molar-refractivity contribution < 1.29 is 0 Å². The molecule has 3 aliphatic rings. The van der Waals surface area contributed by atoms with Crippen LogP contribution in [-0.4, -0.2) is 12.6 Å². The highest BCUT2D eigenvalue weighted by atomic mass is 14.9. The fourth-order valence-corrected chi connectivity index (χ4v) is 4.54. The SMILES string of the molecule is CC1(C)C(CNC2CCCC(C3CC3)C2)C1(C)C. The van der Waals surface area contributed by atoms with Crippen LogP contribution in [0.4, 0.5) is 0 Å². The molecule has 0 aromatic rings. The first-order chi connectivity index (χ1) is 8.43. The molecule has 2 unspecified atom stereocenters. The van der Waals surface area contributed by atoms with E-state index in [9.17, 15) is 0 Å². The molecule has 0 aliphatic heterocycles. The molecule has 3 rings (SSSR count). The quantitative estimate of drug-likeness (QED) is 0.786. The lowest BCUT2D eigenvalue weighted by Gasteiger charge is -2.30. The van der Waals surface area contributed by atoms with Crippen molar-refractivity contribution in [1.29, 1.82) is 0 Å². The fourth-order valence-electron chi connectivity index (χ4n) is 4.54. The topological polar surface area (TPSA) is 12.0 Å². The highest BCUT2D eigenvalue weighted by molar-refractivity contribution is 5.13. The van der Waals surface area contributed by atoms with Crippen LogP contribution in [0.3, 0.4) is 0 Å². The third-order valence-electron chi connectivity index (χ3n) is 6.93. The van der Waals surface area contributed by atoms with Crippen LogP contribution in [-0.2, 0) is 0 Å². The third kappa shape index (κ3) is 2.13. The molecule has 0 aromatic carbocycles. The van der Waals surface area contributed by atoms with Gasteiger partial charge < -0.3 is 5.32 Å². The first-order valence-corrected chi connectivity index (χ1v) is 8.16. The molecule has 1 N–H and O–H groups in total. The van der Waals surface area contributed by atoms with E-state index in [2.05, 4.69) is 33.0 Å². The molecule has 0 aromatic heterocycles. The van der Waals surface area contributed by atoms with Crippen molar-refractivity contribution in [2.24, 2.45) is 28.6 Å².